The summed E-state index contributed by atoms with van der Waals surface area (Å²) >= 11 is 0. The summed E-state index contributed by atoms with van der Waals surface area (Å²) in [5.74, 6) is -1.88. The second-order valence-electron chi connectivity index (χ2n) is 8.86. The summed E-state index contributed by atoms with van der Waals surface area (Å²) in [4.78, 5) is 29.9. The van der Waals surface area contributed by atoms with Crippen LogP contribution in [0.2, 0.25) is 0 Å². The number of aryl methyl sites for hydroxylation is 1. The highest BCUT2D eigenvalue weighted by molar-refractivity contribution is 6.08. The lowest BCUT2D eigenvalue weighted by Crippen LogP contribution is -2.43. The van der Waals surface area contributed by atoms with Crippen molar-refractivity contribution in [1.29, 1.82) is 5.26 Å². The van der Waals surface area contributed by atoms with Crippen LogP contribution < -0.4 is 15.4 Å². The third-order valence-electron chi connectivity index (χ3n) is 5.80. The van der Waals surface area contributed by atoms with Crippen LogP contribution in [0.1, 0.15) is 44.1 Å². The summed E-state index contributed by atoms with van der Waals surface area (Å²) in [6.45, 7) is -3.07. The molecule has 0 spiro atoms. The number of nitrogens with one attached hydrogen (secondary N) is 2. The summed E-state index contributed by atoms with van der Waals surface area (Å²) < 4.78 is 81.3. The predicted octanol–water partition coefficient (Wildman–Crippen LogP) is 3.66. The molecule has 1 atom stereocenters. The number of ether oxygens (including phenoxy) is 1. The number of carbonyl (C=O) groups excluding carboxylic acids is 2. The monoisotopic (exact) mass is 566 g/mol. The highest BCUT2D eigenvalue weighted by Crippen LogP contribution is 2.26. The van der Waals surface area contributed by atoms with E-state index in [0.717, 1.165) is 4.68 Å². The third-order valence-corrected chi connectivity index (χ3v) is 5.80. The van der Waals surface area contributed by atoms with E-state index in [1.54, 1.807) is 11.4 Å². The quantitative estimate of drug-likeness (QED) is 0.402. The number of hydrogen-bond donors (Lipinski definition) is 2. The molecule has 2 aromatic heterocycles. The lowest BCUT2D eigenvalue weighted by Gasteiger charge is -2.23. The molecule has 2 amide bonds. The second-order valence-corrected chi connectivity index (χ2v) is 8.86. The Hall–Kier alpha value is -4.61. The number of pyridine rings is 1. The minimum Gasteiger partial charge on any atom is -0.484 e. The molecule has 3 heterocycles. The van der Waals surface area contributed by atoms with Crippen LogP contribution in [0, 0.1) is 11.3 Å². The van der Waals surface area contributed by atoms with Crippen molar-refractivity contribution in [2.45, 2.75) is 37.7 Å². The summed E-state index contributed by atoms with van der Waals surface area (Å²) in [5.41, 5.74) is 0.347. The van der Waals surface area contributed by atoms with Gasteiger partial charge in [-0.25, -0.2) is 9.67 Å². The fourth-order valence-corrected chi connectivity index (χ4v) is 4.08. The molecule has 0 bridgehead atoms. The normalized spacial score (nSPS) is 15.1. The van der Waals surface area contributed by atoms with Crippen molar-refractivity contribution in [3.63, 3.8) is 0 Å². The van der Waals surface area contributed by atoms with Crippen molar-refractivity contribution in [3.8, 4) is 17.6 Å². The summed E-state index contributed by atoms with van der Waals surface area (Å²) in [6, 6.07) is 10.1. The molecular formula is C25H20F6N6O3. The molecular weight excluding hydrogens is 546 g/mol. The maximum atomic E-state index is 13.1. The van der Waals surface area contributed by atoms with Gasteiger partial charge in [0.1, 0.15) is 24.1 Å². The molecule has 0 fully saturated rings. The standard InChI is InChI=1S/C25H20F6N6O3/c26-24(27,28)12-34-23(39)21-20-18(36-37(21)19-7-5-15(10-32)11-33-19)9-16(35-22(20)38)6-4-14-2-1-3-17(8-14)40-13-25(29,30)31/h1-3,5,7-8,11,16H,4,6,9,12-13H2,(H,34,39)(H,35,38). The number of alkyl halides is 6. The smallest absolute Gasteiger partial charge is 0.422 e. The van der Waals surface area contributed by atoms with Crippen LogP contribution in [0.15, 0.2) is 42.6 Å². The van der Waals surface area contributed by atoms with E-state index in [4.69, 9.17) is 10.00 Å². The molecule has 1 aromatic carbocycles. The Bertz CT molecular complexity index is 1440. The molecule has 40 heavy (non-hydrogen) atoms. The van der Waals surface area contributed by atoms with Gasteiger partial charge in [-0.15, -0.1) is 0 Å². The lowest BCUT2D eigenvalue weighted by molar-refractivity contribution is -0.153. The second kappa shape index (κ2) is 11.2. The zero-order chi connectivity index (χ0) is 29.1. The van der Waals surface area contributed by atoms with Crippen LogP contribution in [-0.2, 0) is 12.8 Å². The van der Waals surface area contributed by atoms with E-state index in [-0.39, 0.29) is 34.8 Å². The van der Waals surface area contributed by atoms with Crippen molar-refractivity contribution >= 4 is 11.8 Å². The Morgan fingerprint density at radius 1 is 1.18 bits per heavy atom. The van der Waals surface area contributed by atoms with Crippen molar-refractivity contribution in [1.82, 2.24) is 25.4 Å². The van der Waals surface area contributed by atoms with Crippen molar-refractivity contribution in [2.24, 2.45) is 0 Å². The molecule has 1 unspecified atom stereocenters. The molecule has 0 radical (unpaired) electrons. The first-order valence-corrected chi connectivity index (χ1v) is 11.8. The molecule has 0 aliphatic carbocycles. The van der Waals surface area contributed by atoms with E-state index >= 15 is 0 Å². The number of fused-ring (bicyclic) bond motifs is 1. The number of benzene rings is 1. The maximum Gasteiger partial charge on any atom is 0.422 e. The Morgan fingerprint density at radius 2 is 1.95 bits per heavy atom. The highest BCUT2D eigenvalue weighted by atomic mass is 19.4. The number of amides is 2. The topological polar surface area (TPSA) is 122 Å². The van der Waals surface area contributed by atoms with Crippen LogP contribution in [0.5, 0.6) is 5.75 Å². The van der Waals surface area contributed by atoms with E-state index in [9.17, 15) is 35.9 Å². The van der Waals surface area contributed by atoms with Crippen molar-refractivity contribution in [2.75, 3.05) is 13.2 Å². The van der Waals surface area contributed by atoms with Crippen molar-refractivity contribution < 1.29 is 40.7 Å². The minimum atomic E-state index is -4.70. The average Bonchev–Trinajstić information content (AvgIpc) is 3.29. The number of nitrogens with zero attached hydrogens (tertiary/aromatic N) is 4. The summed E-state index contributed by atoms with van der Waals surface area (Å²) in [5, 5.41) is 17.8. The van der Waals surface area contributed by atoms with Crippen LogP contribution in [0.3, 0.4) is 0 Å². The van der Waals surface area contributed by atoms with Gasteiger partial charge in [0, 0.05) is 18.7 Å². The van der Waals surface area contributed by atoms with Gasteiger partial charge in [-0.3, -0.25) is 9.59 Å². The first-order valence-electron chi connectivity index (χ1n) is 11.8. The molecule has 0 saturated heterocycles. The highest BCUT2D eigenvalue weighted by Gasteiger charge is 2.36. The van der Waals surface area contributed by atoms with E-state index in [1.165, 1.54) is 36.5 Å². The third kappa shape index (κ3) is 7.07. The first kappa shape index (κ1) is 28.4. The Labute approximate surface area is 222 Å². The molecule has 1 aliphatic heterocycles. The Kier molecular flexibility index (Phi) is 7.98. The molecule has 210 valence electrons. The molecule has 15 heteroatoms. The predicted molar refractivity (Wildman–Crippen MR) is 126 cm³/mol. The molecule has 0 saturated carbocycles. The van der Waals surface area contributed by atoms with E-state index in [0.29, 0.717) is 18.4 Å². The van der Waals surface area contributed by atoms with Gasteiger partial charge in [-0.1, -0.05) is 12.1 Å². The fourth-order valence-electron chi connectivity index (χ4n) is 4.08. The molecule has 3 aromatic rings. The maximum absolute atomic E-state index is 13.1. The number of rotatable bonds is 8. The van der Waals surface area contributed by atoms with E-state index in [1.807, 2.05) is 6.07 Å². The van der Waals surface area contributed by atoms with E-state index < -0.39 is 49.1 Å². The van der Waals surface area contributed by atoms with Gasteiger partial charge in [0.2, 0.25) is 0 Å². The lowest BCUT2D eigenvalue weighted by atomic mass is 9.95. The average molecular weight is 566 g/mol. The summed E-state index contributed by atoms with van der Waals surface area (Å²) in [7, 11) is 0. The number of aromatic nitrogens is 3. The zero-order valence-corrected chi connectivity index (χ0v) is 20.4. The van der Waals surface area contributed by atoms with Gasteiger partial charge in [0.05, 0.1) is 16.8 Å². The van der Waals surface area contributed by atoms with Gasteiger partial charge >= 0.3 is 12.4 Å². The van der Waals surface area contributed by atoms with E-state index in [2.05, 4.69) is 15.4 Å². The van der Waals surface area contributed by atoms with Gasteiger partial charge in [0.25, 0.3) is 11.8 Å². The zero-order valence-electron chi connectivity index (χ0n) is 20.4. The SMILES string of the molecule is N#Cc1ccc(-n2nc3c(c2C(=O)NCC(F)(F)F)C(=O)NC(CCc2cccc(OCC(F)(F)F)c2)C3)nc1. The van der Waals surface area contributed by atoms with Gasteiger partial charge in [-0.05, 0) is 42.7 Å². The van der Waals surface area contributed by atoms with Gasteiger partial charge in [0.15, 0.2) is 12.4 Å². The van der Waals surface area contributed by atoms with Crippen LogP contribution in [0.25, 0.3) is 5.82 Å². The first-order chi connectivity index (χ1) is 18.8. The van der Waals surface area contributed by atoms with Gasteiger partial charge in [-0.2, -0.15) is 36.7 Å². The van der Waals surface area contributed by atoms with Crippen molar-refractivity contribution in [3.05, 3.63) is 70.7 Å². The van der Waals surface area contributed by atoms with Crippen LogP contribution in [0.4, 0.5) is 26.3 Å². The molecule has 9 nitrogen and oxygen atoms in total. The van der Waals surface area contributed by atoms with Crippen LogP contribution >= 0.6 is 0 Å². The van der Waals surface area contributed by atoms with Crippen LogP contribution in [-0.4, -0.2) is 58.1 Å². The number of carbonyl (C=O) groups is 2. The molecule has 1 aliphatic rings. The number of hydrogen-bond acceptors (Lipinski definition) is 6. The summed E-state index contributed by atoms with van der Waals surface area (Å²) in [6.07, 6.45) is -7.20. The minimum absolute atomic E-state index is 0.00517. The van der Waals surface area contributed by atoms with Gasteiger partial charge < -0.3 is 15.4 Å². The number of halogens is 6. The Balaban J connectivity index is 1.56. The largest absolute Gasteiger partial charge is 0.484 e. The number of nitriles is 1. The fraction of sp³-hybridized carbons (Fsp3) is 0.320. The molecule has 2 N–H and O–H groups in total. The molecule has 4 rings (SSSR count). The Morgan fingerprint density at radius 3 is 2.60 bits per heavy atom.